The first-order valence-corrected chi connectivity index (χ1v) is 8.19. The van der Waals surface area contributed by atoms with Gasteiger partial charge in [0.05, 0.1) is 12.6 Å². The number of hydrogen-bond donors (Lipinski definition) is 1. The Kier molecular flexibility index (Phi) is 5.95. The lowest BCUT2D eigenvalue weighted by Crippen LogP contribution is -2.27. The van der Waals surface area contributed by atoms with Crippen LogP contribution < -0.4 is 5.32 Å². The molecule has 2 rings (SSSR count). The zero-order valence-corrected chi connectivity index (χ0v) is 13.2. The summed E-state index contributed by atoms with van der Waals surface area (Å²) in [5, 5.41) is 15.8. The molecule has 0 amide bonds. The van der Waals surface area contributed by atoms with Crippen LogP contribution in [0.3, 0.4) is 0 Å². The fourth-order valence-electron chi connectivity index (χ4n) is 3.28. The van der Waals surface area contributed by atoms with Crippen molar-refractivity contribution < 1.29 is 0 Å². The molecule has 1 aliphatic carbocycles. The van der Waals surface area contributed by atoms with Crippen molar-refractivity contribution >= 4 is 0 Å². The van der Waals surface area contributed by atoms with Crippen LogP contribution >= 0.6 is 0 Å². The Morgan fingerprint density at radius 1 is 1.25 bits per heavy atom. The minimum atomic E-state index is 0.473. The lowest BCUT2D eigenvalue weighted by molar-refractivity contribution is 0.221. The highest BCUT2D eigenvalue weighted by molar-refractivity contribution is 4.87. The van der Waals surface area contributed by atoms with Crippen molar-refractivity contribution in [3.63, 3.8) is 0 Å². The van der Waals surface area contributed by atoms with E-state index in [1.165, 1.54) is 32.1 Å². The molecule has 20 heavy (non-hydrogen) atoms. The molecule has 1 aliphatic rings. The van der Waals surface area contributed by atoms with Crippen LogP contribution in [0, 0.1) is 11.8 Å². The van der Waals surface area contributed by atoms with Crippen LogP contribution in [0.25, 0.3) is 0 Å². The van der Waals surface area contributed by atoms with Gasteiger partial charge in [-0.15, -0.1) is 5.10 Å². The molecule has 0 saturated heterocycles. The van der Waals surface area contributed by atoms with Gasteiger partial charge in [-0.1, -0.05) is 40.0 Å². The number of rotatable bonds is 7. The second kappa shape index (κ2) is 7.72. The fraction of sp³-hybridized carbons (Fsp3) is 0.933. The highest BCUT2D eigenvalue weighted by Gasteiger charge is 2.26. The quantitative estimate of drug-likeness (QED) is 0.833. The van der Waals surface area contributed by atoms with Gasteiger partial charge in [0, 0.05) is 0 Å². The van der Waals surface area contributed by atoms with Gasteiger partial charge in [-0.05, 0) is 48.1 Å². The standard InChI is InChI=1S/C15H29N5/c1-4-14(13-8-6-5-7-9-13)20-15(17-18-19-20)11-16-10-12(2)3/h12-14,16H,4-11H2,1-3H3. The van der Waals surface area contributed by atoms with Crippen molar-refractivity contribution in [3.8, 4) is 0 Å². The summed E-state index contributed by atoms with van der Waals surface area (Å²) in [6.07, 6.45) is 7.90. The molecule has 0 spiro atoms. The predicted octanol–water partition coefficient (Wildman–Crippen LogP) is 2.95. The smallest absolute Gasteiger partial charge is 0.165 e. The minimum Gasteiger partial charge on any atom is -0.310 e. The normalized spacial score (nSPS) is 18.6. The third-order valence-corrected chi connectivity index (χ3v) is 4.32. The van der Waals surface area contributed by atoms with Gasteiger partial charge in [0.2, 0.25) is 0 Å². The van der Waals surface area contributed by atoms with E-state index in [9.17, 15) is 0 Å². The number of tetrazole rings is 1. The van der Waals surface area contributed by atoms with E-state index in [4.69, 9.17) is 0 Å². The first-order valence-electron chi connectivity index (χ1n) is 8.19. The summed E-state index contributed by atoms with van der Waals surface area (Å²) in [5.74, 6) is 2.39. The lowest BCUT2D eigenvalue weighted by Gasteiger charge is -2.29. The topological polar surface area (TPSA) is 55.6 Å². The summed E-state index contributed by atoms with van der Waals surface area (Å²) in [6, 6.07) is 0.473. The second-order valence-corrected chi connectivity index (χ2v) is 6.44. The van der Waals surface area contributed by atoms with Crippen LogP contribution in [-0.2, 0) is 6.54 Å². The van der Waals surface area contributed by atoms with E-state index in [0.29, 0.717) is 12.0 Å². The molecule has 1 heterocycles. The molecule has 1 atom stereocenters. The molecule has 1 aromatic rings. The lowest BCUT2D eigenvalue weighted by atomic mass is 9.83. The molecule has 1 fully saturated rings. The van der Waals surface area contributed by atoms with Crippen LogP contribution in [0.4, 0.5) is 0 Å². The number of nitrogens with zero attached hydrogens (tertiary/aromatic N) is 4. The SMILES string of the molecule is CCC(C1CCCCC1)n1nnnc1CNCC(C)C. The van der Waals surface area contributed by atoms with Crippen molar-refractivity contribution in [2.75, 3.05) is 6.54 Å². The molecule has 0 aliphatic heterocycles. The van der Waals surface area contributed by atoms with E-state index in [1.807, 2.05) is 0 Å². The van der Waals surface area contributed by atoms with Crippen molar-refractivity contribution in [2.24, 2.45) is 11.8 Å². The summed E-state index contributed by atoms with van der Waals surface area (Å²) in [4.78, 5) is 0. The third kappa shape index (κ3) is 4.01. The van der Waals surface area contributed by atoms with Gasteiger partial charge in [-0.25, -0.2) is 4.68 Å². The van der Waals surface area contributed by atoms with Crippen LogP contribution in [0.2, 0.25) is 0 Å². The Morgan fingerprint density at radius 3 is 2.65 bits per heavy atom. The predicted molar refractivity (Wildman–Crippen MR) is 80.3 cm³/mol. The van der Waals surface area contributed by atoms with E-state index in [-0.39, 0.29) is 0 Å². The Morgan fingerprint density at radius 2 is 2.00 bits per heavy atom. The Bertz CT molecular complexity index is 381. The first kappa shape index (κ1) is 15.4. The zero-order valence-electron chi connectivity index (χ0n) is 13.2. The van der Waals surface area contributed by atoms with E-state index in [2.05, 4.69) is 46.3 Å². The molecular weight excluding hydrogens is 250 g/mol. The molecule has 1 unspecified atom stereocenters. The molecule has 5 heteroatoms. The molecule has 1 aromatic heterocycles. The van der Waals surface area contributed by atoms with E-state index in [1.54, 1.807) is 0 Å². The summed E-state index contributed by atoms with van der Waals surface area (Å²) in [7, 11) is 0. The summed E-state index contributed by atoms with van der Waals surface area (Å²) in [5.41, 5.74) is 0. The average molecular weight is 279 g/mol. The van der Waals surface area contributed by atoms with Crippen LogP contribution in [0.15, 0.2) is 0 Å². The highest BCUT2D eigenvalue weighted by Crippen LogP contribution is 2.34. The van der Waals surface area contributed by atoms with E-state index >= 15 is 0 Å². The van der Waals surface area contributed by atoms with E-state index in [0.717, 1.165) is 31.3 Å². The maximum absolute atomic E-state index is 4.28. The van der Waals surface area contributed by atoms with Crippen LogP contribution in [0.1, 0.15) is 71.2 Å². The summed E-state index contributed by atoms with van der Waals surface area (Å²) in [6.45, 7) is 8.47. The van der Waals surface area contributed by atoms with Crippen LogP contribution in [0.5, 0.6) is 0 Å². The fourth-order valence-corrected chi connectivity index (χ4v) is 3.28. The first-order chi connectivity index (χ1) is 9.72. The number of aromatic nitrogens is 4. The zero-order chi connectivity index (χ0) is 14.4. The Hall–Kier alpha value is -0.970. The number of nitrogens with one attached hydrogen (secondary N) is 1. The van der Waals surface area contributed by atoms with Crippen molar-refractivity contribution in [1.82, 2.24) is 25.5 Å². The number of hydrogen-bond acceptors (Lipinski definition) is 4. The average Bonchev–Trinajstić information content (AvgIpc) is 2.89. The molecular formula is C15H29N5. The minimum absolute atomic E-state index is 0.473. The van der Waals surface area contributed by atoms with Gasteiger partial charge < -0.3 is 5.32 Å². The monoisotopic (exact) mass is 279 g/mol. The molecule has 0 aromatic carbocycles. The van der Waals surface area contributed by atoms with Crippen molar-refractivity contribution in [1.29, 1.82) is 0 Å². The molecule has 0 radical (unpaired) electrons. The van der Waals surface area contributed by atoms with Gasteiger partial charge in [-0.2, -0.15) is 0 Å². The largest absolute Gasteiger partial charge is 0.310 e. The van der Waals surface area contributed by atoms with Gasteiger partial charge >= 0.3 is 0 Å². The maximum atomic E-state index is 4.28. The summed E-state index contributed by atoms with van der Waals surface area (Å²) >= 11 is 0. The second-order valence-electron chi connectivity index (χ2n) is 6.44. The Labute approximate surface area is 122 Å². The van der Waals surface area contributed by atoms with Crippen LogP contribution in [-0.4, -0.2) is 26.8 Å². The molecule has 1 saturated carbocycles. The van der Waals surface area contributed by atoms with E-state index < -0.39 is 0 Å². The molecule has 114 valence electrons. The third-order valence-electron chi connectivity index (χ3n) is 4.32. The van der Waals surface area contributed by atoms with Crippen molar-refractivity contribution in [2.45, 2.75) is 71.9 Å². The van der Waals surface area contributed by atoms with Gasteiger partial charge in [0.15, 0.2) is 5.82 Å². The van der Waals surface area contributed by atoms with Crippen molar-refractivity contribution in [3.05, 3.63) is 5.82 Å². The highest BCUT2D eigenvalue weighted by atomic mass is 15.6. The molecule has 0 bridgehead atoms. The van der Waals surface area contributed by atoms with Gasteiger partial charge in [-0.3, -0.25) is 0 Å². The van der Waals surface area contributed by atoms with Gasteiger partial charge in [0.25, 0.3) is 0 Å². The van der Waals surface area contributed by atoms with Gasteiger partial charge in [0.1, 0.15) is 0 Å². The summed E-state index contributed by atoms with van der Waals surface area (Å²) < 4.78 is 2.09. The Balaban J connectivity index is 2.00. The molecule has 1 N–H and O–H groups in total. The molecule has 5 nitrogen and oxygen atoms in total. The maximum Gasteiger partial charge on any atom is 0.165 e.